The van der Waals surface area contributed by atoms with Crippen LogP contribution in [0.4, 0.5) is 5.69 Å². The van der Waals surface area contributed by atoms with Crippen molar-refractivity contribution in [2.45, 2.75) is 42.9 Å². The predicted octanol–water partition coefficient (Wildman–Crippen LogP) is 4.11. The lowest BCUT2D eigenvalue weighted by Gasteiger charge is -2.18. The van der Waals surface area contributed by atoms with Gasteiger partial charge >= 0.3 is 5.69 Å². The van der Waals surface area contributed by atoms with E-state index in [-0.39, 0.29) is 22.4 Å². The van der Waals surface area contributed by atoms with Crippen LogP contribution in [0.1, 0.15) is 42.6 Å². The lowest BCUT2D eigenvalue weighted by Crippen LogP contribution is -2.34. The summed E-state index contributed by atoms with van der Waals surface area (Å²) in [7, 11) is 1.48. The number of ether oxygens (including phenoxy) is 1. The van der Waals surface area contributed by atoms with Gasteiger partial charge in [-0.25, -0.2) is 4.79 Å². The molecule has 0 radical (unpaired) electrons. The minimum Gasteiger partial charge on any atom is -0.504 e. The molecule has 1 unspecified atom stereocenters. The zero-order valence-electron chi connectivity index (χ0n) is 18.4. The Bertz CT molecular complexity index is 1330. The number of rotatable bonds is 6. The number of para-hydroxylation sites is 1. The number of nitrogens with one attached hydrogen (secondary N) is 1. The average Bonchev–Trinajstić information content (AvgIpc) is 2.98. The number of aromatic amines is 1. The fraction of sp³-hybridized carbons (Fsp3) is 0.292. The smallest absolute Gasteiger partial charge is 0.331 e. The Morgan fingerprint density at radius 1 is 1.21 bits per heavy atom. The summed E-state index contributed by atoms with van der Waals surface area (Å²) < 4.78 is 6.46. The summed E-state index contributed by atoms with van der Waals surface area (Å²) in [5.41, 5.74) is 0.617. The molecule has 9 heteroatoms. The van der Waals surface area contributed by atoms with Gasteiger partial charge in [0.15, 0.2) is 11.5 Å². The first kappa shape index (κ1) is 22.7. The molecule has 1 atom stereocenters. The molecule has 3 N–H and O–H groups in total. The number of benzene rings is 2. The van der Waals surface area contributed by atoms with E-state index in [9.17, 15) is 19.8 Å². The molecule has 1 aliphatic heterocycles. The standard InChI is InChI=1S/C24H25N3O5S/c1-3-4-11-27-23(30)21(22(29)26-24(27)31)16-13-20(14-9-10-17(28)18(12-14)32-2)33-19-8-6-5-7-15(19)25-16/h5-10,12,20,28,30H,3-4,11,13H2,1-2H3,(H,26,29,31). The molecule has 0 fully saturated rings. The van der Waals surface area contributed by atoms with Gasteiger partial charge in [0.25, 0.3) is 5.56 Å². The van der Waals surface area contributed by atoms with Gasteiger partial charge in [-0.1, -0.05) is 31.5 Å². The first-order valence-corrected chi connectivity index (χ1v) is 11.6. The number of methoxy groups -OCH3 is 1. The minimum atomic E-state index is -0.671. The van der Waals surface area contributed by atoms with E-state index >= 15 is 0 Å². The van der Waals surface area contributed by atoms with E-state index in [2.05, 4.69) is 4.98 Å². The van der Waals surface area contributed by atoms with E-state index in [0.29, 0.717) is 36.5 Å². The van der Waals surface area contributed by atoms with Gasteiger partial charge in [0.2, 0.25) is 5.88 Å². The molecular formula is C24H25N3O5S. The largest absolute Gasteiger partial charge is 0.504 e. The second kappa shape index (κ2) is 9.58. The van der Waals surface area contributed by atoms with Gasteiger partial charge < -0.3 is 14.9 Å². The molecule has 33 heavy (non-hydrogen) atoms. The summed E-state index contributed by atoms with van der Waals surface area (Å²) in [6.45, 7) is 2.27. The Morgan fingerprint density at radius 3 is 2.76 bits per heavy atom. The Kier molecular flexibility index (Phi) is 6.60. The molecule has 2 aromatic carbocycles. The normalized spacial score (nSPS) is 15.5. The number of hydrogen-bond donors (Lipinski definition) is 3. The maximum absolute atomic E-state index is 12.8. The van der Waals surface area contributed by atoms with Crippen molar-refractivity contribution in [2.24, 2.45) is 4.99 Å². The maximum Gasteiger partial charge on any atom is 0.331 e. The third-order valence-electron chi connectivity index (χ3n) is 5.54. The fourth-order valence-electron chi connectivity index (χ4n) is 3.79. The molecule has 0 bridgehead atoms. The fourth-order valence-corrected chi connectivity index (χ4v) is 5.01. The third kappa shape index (κ3) is 4.54. The number of hydrogen-bond acceptors (Lipinski definition) is 7. The highest BCUT2D eigenvalue weighted by Crippen LogP contribution is 2.46. The van der Waals surface area contributed by atoms with Crippen LogP contribution in [0.15, 0.2) is 61.9 Å². The van der Waals surface area contributed by atoms with Gasteiger partial charge in [0.05, 0.1) is 18.5 Å². The Balaban J connectivity index is 1.87. The number of fused-ring (bicyclic) bond motifs is 1. The van der Waals surface area contributed by atoms with E-state index < -0.39 is 11.2 Å². The summed E-state index contributed by atoms with van der Waals surface area (Å²) in [5.74, 6) is 0.00607. The summed E-state index contributed by atoms with van der Waals surface area (Å²) in [5, 5.41) is 20.8. The molecule has 172 valence electrons. The highest BCUT2D eigenvalue weighted by atomic mass is 32.2. The monoisotopic (exact) mass is 467 g/mol. The number of phenolic OH excluding ortho intramolecular Hbond substituents is 1. The Labute approximate surface area is 194 Å². The van der Waals surface area contributed by atoms with Crippen molar-refractivity contribution in [3.63, 3.8) is 0 Å². The van der Waals surface area contributed by atoms with Crippen LogP contribution in [0.5, 0.6) is 17.4 Å². The molecule has 3 aromatic rings. The second-order valence-corrected chi connectivity index (χ2v) is 8.98. The molecule has 1 aliphatic rings. The summed E-state index contributed by atoms with van der Waals surface area (Å²) in [6, 6.07) is 12.7. The molecule has 8 nitrogen and oxygen atoms in total. The molecular weight excluding hydrogens is 442 g/mol. The van der Waals surface area contributed by atoms with Crippen molar-refractivity contribution >= 4 is 23.2 Å². The molecule has 0 amide bonds. The maximum atomic E-state index is 12.8. The number of aromatic hydroxyl groups is 2. The van der Waals surface area contributed by atoms with E-state index in [1.807, 2.05) is 31.2 Å². The third-order valence-corrected chi connectivity index (χ3v) is 6.86. The molecule has 0 saturated heterocycles. The summed E-state index contributed by atoms with van der Waals surface area (Å²) >= 11 is 1.57. The van der Waals surface area contributed by atoms with Crippen LogP contribution in [0.2, 0.25) is 0 Å². The van der Waals surface area contributed by atoms with Crippen molar-refractivity contribution in [1.82, 2.24) is 9.55 Å². The van der Waals surface area contributed by atoms with Crippen LogP contribution >= 0.6 is 11.8 Å². The predicted molar refractivity (Wildman–Crippen MR) is 128 cm³/mol. The topological polar surface area (TPSA) is 117 Å². The summed E-state index contributed by atoms with van der Waals surface area (Å²) in [6.07, 6.45) is 1.83. The Hall–Kier alpha value is -3.46. The second-order valence-electron chi connectivity index (χ2n) is 7.73. The van der Waals surface area contributed by atoms with Gasteiger partial charge in [-0.3, -0.25) is 19.3 Å². The lowest BCUT2D eigenvalue weighted by molar-refractivity contribution is 0.373. The van der Waals surface area contributed by atoms with Crippen LogP contribution in [-0.4, -0.2) is 32.6 Å². The van der Waals surface area contributed by atoms with Crippen molar-refractivity contribution in [1.29, 1.82) is 0 Å². The van der Waals surface area contributed by atoms with Crippen molar-refractivity contribution in [3.8, 4) is 17.4 Å². The highest BCUT2D eigenvalue weighted by molar-refractivity contribution is 7.99. The Morgan fingerprint density at radius 2 is 2.00 bits per heavy atom. The molecule has 0 spiro atoms. The van der Waals surface area contributed by atoms with Crippen LogP contribution in [-0.2, 0) is 6.54 Å². The molecule has 0 aliphatic carbocycles. The first-order chi connectivity index (χ1) is 15.9. The van der Waals surface area contributed by atoms with Gasteiger partial charge in [0.1, 0.15) is 5.56 Å². The van der Waals surface area contributed by atoms with E-state index in [4.69, 9.17) is 9.73 Å². The van der Waals surface area contributed by atoms with E-state index in [1.165, 1.54) is 11.7 Å². The number of H-pyrrole nitrogens is 1. The number of phenols is 1. The van der Waals surface area contributed by atoms with Gasteiger partial charge in [-0.05, 0) is 36.2 Å². The number of aliphatic imine (C=N–C) groups is 1. The number of unbranched alkanes of at least 4 members (excludes halogenated alkanes) is 1. The van der Waals surface area contributed by atoms with Crippen molar-refractivity contribution in [3.05, 3.63) is 74.4 Å². The zero-order valence-corrected chi connectivity index (χ0v) is 19.2. The number of aromatic nitrogens is 2. The van der Waals surface area contributed by atoms with Crippen LogP contribution in [0.25, 0.3) is 0 Å². The quantitative estimate of drug-likeness (QED) is 0.502. The molecule has 0 saturated carbocycles. The van der Waals surface area contributed by atoms with Crippen LogP contribution in [0.3, 0.4) is 0 Å². The average molecular weight is 468 g/mol. The zero-order chi connectivity index (χ0) is 23.5. The van der Waals surface area contributed by atoms with Gasteiger partial charge in [0, 0.05) is 23.1 Å². The van der Waals surface area contributed by atoms with Crippen molar-refractivity contribution in [2.75, 3.05) is 7.11 Å². The lowest BCUT2D eigenvalue weighted by atomic mass is 10.0. The summed E-state index contributed by atoms with van der Waals surface area (Å²) in [4.78, 5) is 33.1. The van der Waals surface area contributed by atoms with E-state index in [0.717, 1.165) is 16.9 Å². The number of thioether (sulfide) groups is 1. The molecule has 4 rings (SSSR count). The SMILES string of the molecule is CCCCn1c(O)c(C2=Nc3ccccc3SC(c3ccc(O)c(OC)c3)C2)c(=O)[nH]c1=O. The first-order valence-electron chi connectivity index (χ1n) is 10.7. The van der Waals surface area contributed by atoms with Gasteiger partial charge in [-0.15, -0.1) is 11.8 Å². The minimum absolute atomic E-state index is 0.00116. The number of nitrogens with zero attached hydrogens (tertiary/aromatic N) is 2. The van der Waals surface area contributed by atoms with Crippen molar-refractivity contribution < 1.29 is 14.9 Å². The van der Waals surface area contributed by atoms with Crippen LogP contribution in [0, 0.1) is 0 Å². The van der Waals surface area contributed by atoms with E-state index in [1.54, 1.807) is 30.0 Å². The van der Waals surface area contributed by atoms with Crippen LogP contribution < -0.4 is 16.0 Å². The van der Waals surface area contributed by atoms with Gasteiger partial charge in [-0.2, -0.15) is 0 Å². The molecule has 2 heterocycles. The molecule has 1 aromatic heterocycles. The highest BCUT2D eigenvalue weighted by Gasteiger charge is 2.27.